The maximum atomic E-state index is 15.9. The second-order valence-electron chi connectivity index (χ2n) is 11.0. The molecule has 0 bridgehead atoms. The third-order valence-corrected chi connectivity index (χ3v) is 8.11. The molecule has 2 heterocycles. The molecule has 1 saturated heterocycles. The Hall–Kier alpha value is -3.55. The lowest BCUT2D eigenvalue weighted by Crippen LogP contribution is -2.44. The molecule has 39 heavy (non-hydrogen) atoms. The highest BCUT2D eigenvalue weighted by atomic mass is 19.1. The molecule has 2 amide bonds. The van der Waals surface area contributed by atoms with Crippen LogP contribution in [0.15, 0.2) is 84.9 Å². The predicted molar refractivity (Wildman–Crippen MR) is 148 cm³/mol. The Balaban J connectivity index is 1.51. The maximum absolute atomic E-state index is 15.9. The highest BCUT2D eigenvalue weighted by molar-refractivity contribution is 6.12. The second kappa shape index (κ2) is 10.5. The molecule has 2 aliphatic rings. The van der Waals surface area contributed by atoms with Gasteiger partial charge in [-0.15, -0.1) is 0 Å². The summed E-state index contributed by atoms with van der Waals surface area (Å²) in [7, 11) is 0. The van der Waals surface area contributed by atoms with Gasteiger partial charge in [-0.25, -0.2) is 4.39 Å². The van der Waals surface area contributed by atoms with E-state index in [4.69, 9.17) is 4.74 Å². The quantitative estimate of drug-likeness (QED) is 0.425. The lowest BCUT2D eigenvalue weighted by molar-refractivity contribution is -0.149. The fourth-order valence-corrected chi connectivity index (χ4v) is 6.48. The number of anilines is 2. The summed E-state index contributed by atoms with van der Waals surface area (Å²) in [5.74, 6) is -1.79. The number of ether oxygens (including phenoxy) is 1. The van der Waals surface area contributed by atoms with E-state index in [9.17, 15) is 14.7 Å². The molecule has 0 radical (unpaired) electrons. The molecule has 204 valence electrons. The van der Waals surface area contributed by atoms with Crippen molar-refractivity contribution in [1.29, 1.82) is 0 Å². The standard InChI is InChI=1S/C32H35FN2O4/c1-22-29(31(2,3)33)27(20-28(37)34(18-19-36)21-23-12-6-4-7-13-23)39-32(22)25-16-10-11-17-26(25)35(30(32)38)24-14-8-5-9-15-24/h4-17,22,27,29,36H,18-21H2,1-3H3/t22-,27+,29-,32+/m1/s1. The van der Waals surface area contributed by atoms with Gasteiger partial charge in [0, 0.05) is 36.2 Å². The van der Waals surface area contributed by atoms with Crippen LogP contribution in [0.1, 0.15) is 38.3 Å². The third-order valence-electron chi connectivity index (χ3n) is 8.11. The van der Waals surface area contributed by atoms with Crippen molar-refractivity contribution < 1.29 is 23.8 Å². The molecule has 0 unspecified atom stereocenters. The van der Waals surface area contributed by atoms with Crippen molar-refractivity contribution in [1.82, 2.24) is 4.90 Å². The molecule has 2 aliphatic heterocycles. The largest absolute Gasteiger partial charge is 0.395 e. The zero-order chi connectivity index (χ0) is 27.8. The minimum Gasteiger partial charge on any atom is -0.395 e. The maximum Gasteiger partial charge on any atom is 0.268 e. The number of carbonyl (C=O) groups is 2. The molecule has 1 N–H and O–H groups in total. The van der Waals surface area contributed by atoms with E-state index < -0.39 is 29.2 Å². The molecule has 4 atom stereocenters. The second-order valence-corrected chi connectivity index (χ2v) is 11.0. The molecule has 0 aromatic heterocycles. The summed E-state index contributed by atoms with van der Waals surface area (Å²) in [5.41, 5.74) is -0.120. The van der Waals surface area contributed by atoms with E-state index in [1.165, 1.54) is 13.8 Å². The summed E-state index contributed by atoms with van der Waals surface area (Å²) < 4.78 is 22.6. The number of amides is 2. The Kier molecular flexibility index (Phi) is 7.31. The van der Waals surface area contributed by atoms with Crippen LogP contribution < -0.4 is 4.90 Å². The number of alkyl halides is 1. The Morgan fingerprint density at radius 3 is 2.28 bits per heavy atom. The average Bonchev–Trinajstić information content (AvgIpc) is 3.35. The number of para-hydroxylation sites is 2. The Morgan fingerprint density at radius 2 is 1.64 bits per heavy atom. The zero-order valence-corrected chi connectivity index (χ0v) is 22.6. The van der Waals surface area contributed by atoms with Gasteiger partial charge in [0.15, 0.2) is 5.60 Å². The van der Waals surface area contributed by atoms with Crippen molar-refractivity contribution in [2.75, 3.05) is 18.1 Å². The van der Waals surface area contributed by atoms with Crippen LogP contribution in [0, 0.1) is 11.8 Å². The molecule has 3 aromatic carbocycles. The van der Waals surface area contributed by atoms with Crippen molar-refractivity contribution in [3.05, 3.63) is 96.1 Å². The molecule has 0 aliphatic carbocycles. The lowest BCUT2D eigenvalue weighted by Gasteiger charge is -2.32. The minimum absolute atomic E-state index is 0.0995. The predicted octanol–water partition coefficient (Wildman–Crippen LogP) is 5.37. The first-order chi connectivity index (χ1) is 18.7. The van der Waals surface area contributed by atoms with Crippen LogP contribution in [0.2, 0.25) is 0 Å². The SMILES string of the molecule is C[C@@H]1[C@@H](C(C)(C)F)[C@H](CC(=O)N(CCO)Cc2ccccc2)O[C@@]12C(=O)N(c1ccccc1)c1ccccc12. The molecule has 3 aromatic rings. The van der Waals surface area contributed by atoms with E-state index in [-0.39, 0.29) is 31.4 Å². The zero-order valence-electron chi connectivity index (χ0n) is 22.6. The number of hydrogen-bond acceptors (Lipinski definition) is 4. The molecule has 0 saturated carbocycles. The summed E-state index contributed by atoms with van der Waals surface area (Å²) in [6.45, 7) is 5.11. The van der Waals surface area contributed by atoms with Crippen molar-refractivity contribution in [2.24, 2.45) is 11.8 Å². The first-order valence-corrected chi connectivity index (χ1v) is 13.5. The van der Waals surface area contributed by atoms with Gasteiger partial charge in [-0.1, -0.05) is 73.7 Å². The highest BCUT2D eigenvalue weighted by Gasteiger charge is 2.66. The molecular formula is C32H35FN2O4. The van der Waals surface area contributed by atoms with E-state index >= 15 is 4.39 Å². The smallest absolute Gasteiger partial charge is 0.268 e. The van der Waals surface area contributed by atoms with Crippen LogP contribution in [0.25, 0.3) is 0 Å². The Bertz CT molecular complexity index is 1330. The summed E-state index contributed by atoms with van der Waals surface area (Å²) in [4.78, 5) is 31.1. The van der Waals surface area contributed by atoms with Crippen molar-refractivity contribution in [3.63, 3.8) is 0 Å². The van der Waals surface area contributed by atoms with Crippen molar-refractivity contribution in [2.45, 2.75) is 51.1 Å². The van der Waals surface area contributed by atoms with Gasteiger partial charge in [0.25, 0.3) is 5.91 Å². The van der Waals surface area contributed by atoms with Crippen LogP contribution in [0.3, 0.4) is 0 Å². The number of hydrogen-bond donors (Lipinski definition) is 1. The number of rotatable bonds is 8. The van der Waals surface area contributed by atoms with E-state index in [1.54, 1.807) is 9.80 Å². The fourth-order valence-electron chi connectivity index (χ4n) is 6.48. The molecule has 1 spiro atoms. The summed E-state index contributed by atoms with van der Waals surface area (Å²) >= 11 is 0. The van der Waals surface area contributed by atoms with Crippen LogP contribution in [-0.4, -0.2) is 46.7 Å². The average molecular weight is 531 g/mol. The summed E-state index contributed by atoms with van der Waals surface area (Å²) in [5, 5.41) is 9.66. The van der Waals surface area contributed by atoms with Crippen LogP contribution in [0.5, 0.6) is 0 Å². The van der Waals surface area contributed by atoms with E-state index in [0.29, 0.717) is 23.5 Å². The van der Waals surface area contributed by atoms with Gasteiger partial charge in [-0.2, -0.15) is 0 Å². The van der Waals surface area contributed by atoms with Gasteiger partial charge in [0.05, 0.1) is 24.8 Å². The number of benzene rings is 3. The molecule has 6 nitrogen and oxygen atoms in total. The van der Waals surface area contributed by atoms with E-state index in [1.807, 2.05) is 91.9 Å². The minimum atomic E-state index is -1.72. The van der Waals surface area contributed by atoms with Gasteiger partial charge in [-0.05, 0) is 37.6 Å². The van der Waals surface area contributed by atoms with Crippen LogP contribution in [0.4, 0.5) is 15.8 Å². The van der Waals surface area contributed by atoms with Crippen LogP contribution in [-0.2, 0) is 26.5 Å². The number of fused-ring (bicyclic) bond motifs is 2. The third kappa shape index (κ3) is 4.74. The van der Waals surface area contributed by atoms with Gasteiger partial charge < -0.3 is 14.7 Å². The van der Waals surface area contributed by atoms with Gasteiger partial charge in [0.2, 0.25) is 5.91 Å². The van der Waals surface area contributed by atoms with Gasteiger partial charge in [0.1, 0.15) is 5.67 Å². The number of aliphatic hydroxyl groups is 1. The number of aliphatic hydroxyl groups excluding tert-OH is 1. The summed E-state index contributed by atoms with van der Waals surface area (Å²) in [6, 6.07) is 26.3. The summed E-state index contributed by atoms with van der Waals surface area (Å²) in [6.07, 6.45) is -0.935. The fraction of sp³-hybridized carbons (Fsp3) is 0.375. The topological polar surface area (TPSA) is 70.1 Å². The first kappa shape index (κ1) is 27.0. The van der Waals surface area contributed by atoms with Crippen molar-refractivity contribution in [3.8, 4) is 0 Å². The highest BCUT2D eigenvalue weighted by Crippen LogP contribution is 2.59. The normalized spacial score (nSPS) is 24.3. The Morgan fingerprint density at radius 1 is 1.03 bits per heavy atom. The monoisotopic (exact) mass is 530 g/mol. The molecule has 5 rings (SSSR count). The van der Waals surface area contributed by atoms with Gasteiger partial charge in [-0.3, -0.25) is 14.5 Å². The van der Waals surface area contributed by atoms with Crippen LogP contribution >= 0.6 is 0 Å². The van der Waals surface area contributed by atoms with E-state index in [0.717, 1.165) is 5.56 Å². The molecule has 1 fully saturated rings. The molecule has 7 heteroatoms. The number of halogens is 1. The lowest BCUT2D eigenvalue weighted by atomic mass is 9.71. The first-order valence-electron chi connectivity index (χ1n) is 13.5. The number of nitrogens with zero attached hydrogens (tertiary/aromatic N) is 2. The van der Waals surface area contributed by atoms with E-state index in [2.05, 4.69) is 0 Å². The van der Waals surface area contributed by atoms with Gasteiger partial charge >= 0.3 is 0 Å². The van der Waals surface area contributed by atoms with Crippen molar-refractivity contribution >= 4 is 23.2 Å². The Labute approximate surface area is 229 Å². The molecular weight excluding hydrogens is 495 g/mol. The number of carbonyl (C=O) groups excluding carboxylic acids is 2.